The molecule has 1 heterocycles. The van der Waals surface area contributed by atoms with E-state index in [-0.39, 0.29) is 5.91 Å². The minimum absolute atomic E-state index is 0.0956. The molecule has 2 amide bonds. The number of methoxy groups -OCH3 is 1. The molecule has 5 heteroatoms. The van der Waals surface area contributed by atoms with Gasteiger partial charge in [-0.15, -0.1) is 0 Å². The maximum Gasteiger partial charge on any atom is 0.232 e. The zero-order valence-electron chi connectivity index (χ0n) is 12.8. The van der Waals surface area contributed by atoms with Gasteiger partial charge in [-0.25, -0.2) is 0 Å². The van der Waals surface area contributed by atoms with E-state index in [9.17, 15) is 9.59 Å². The highest BCUT2D eigenvalue weighted by Gasteiger charge is 2.34. The third-order valence-corrected chi connectivity index (χ3v) is 4.10. The molecule has 1 aliphatic rings. The summed E-state index contributed by atoms with van der Waals surface area (Å²) >= 11 is 0. The van der Waals surface area contributed by atoms with Crippen molar-refractivity contribution in [1.29, 1.82) is 0 Å². The Hall–Kier alpha value is -2.04. The van der Waals surface area contributed by atoms with Gasteiger partial charge < -0.3 is 14.5 Å². The number of nitrogens with zero attached hydrogens (tertiary/aromatic N) is 2. The average molecular weight is 290 g/mol. The van der Waals surface area contributed by atoms with Gasteiger partial charge in [0.05, 0.1) is 12.5 Å². The van der Waals surface area contributed by atoms with Gasteiger partial charge in [-0.2, -0.15) is 0 Å². The lowest BCUT2D eigenvalue weighted by atomic mass is 9.83. The molecule has 0 unspecified atom stereocenters. The number of rotatable bonds is 4. The Labute approximate surface area is 125 Å². The quantitative estimate of drug-likeness (QED) is 0.785. The average Bonchev–Trinajstić information content (AvgIpc) is 2.54. The van der Waals surface area contributed by atoms with Crippen molar-refractivity contribution in [3.05, 3.63) is 29.8 Å². The normalized spacial score (nSPS) is 15.8. The van der Waals surface area contributed by atoms with Crippen molar-refractivity contribution >= 4 is 12.3 Å². The Bertz CT molecular complexity index is 503. The van der Waals surface area contributed by atoms with Gasteiger partial charge in [0.15, 0.2) is 0 Å². The largest absolute Gasteiger partial charge is 0.497 e. The minimum Gasteiger partial charge on any atom is -0.497 e. The number of hydrogen-bond donors (Lipinski definition) is 0. The third-order valence-electron chi connectivity index (χ3n) is 4.10. The first-order chi connectivity index (χ1) is 9.98. The monoisotopic (exact) mass is 290 g/mol. The summed E-state index contributed by atoms with van der Waals surface area (Å²) in [4.78, 5) is 27.0. The first-order valence-corrected chi connectivity index (χ1v) is 7.12. The highest BCUT2D eigenvalue weighted by atomic mass is 16.5. The van der Waals surface area contributed by atoms with Crippen molar-refractivity contribution in [1.82, 2.24) is 9.80 Å². The van der Waals surface area contributed by atoms with Gasteiger partial charge in [-0.3, -0.25) is 9.59 Å². The number of carbonyl (C=O) groups excluding carboxylic acids is 2. The zero-order valence-corrected chi connectivity index (χ0v) is 12.8. The van der Waals surface area contributed by atoms with Crippen LogP contribution in [0, 0.1) is 0 Å². The van der Waals surface area contributed by atoms with E-state index in [1.54, 1.807) is 12.0 Å². The molecule has 114 valence electrons. The van der Waals surface area contributed by atoms with E-state index in [4.69, 9.17) is 4.74 Å². The fourth-order valence-corrected chi connectivity index (χ4v) is 2.56. The number of benzene rings is 1. The van der Waals surface area contributed by atoms with Crippen LogP contribution in [-0.2, 0) is 15.0 Å². The van der Waals surface area contributed by atoms with Crippen molar-refractivity contribution in [2.75, 3.05) is 33.3 Å². The zero-order chi connectivity index (χ0) is 15.5. The first kappa shape index (κ1) is 15.4. The third kappa shape index (κ3) is 3.17. The molecule has 2 rings (SSSR count). The van der Waals surface area contributed by atoms with Gasteiger partial charge in [0.25, 0.3) is 0 Å². The maximum atomic E-state index is 12.8. The molecule has 21 heavy (non-hydrogen) atoms. The van der Waals surface area contributed by atoms with Crippen molar-refractivity contribution < 1.29 is 14.3 Å². The van der Waals surface area contributed by atoms with Crippen LogP contribution in [0.25, 0.3) is 0 Å². The standard InChI is InChI=1S/C16H22N2O3/c1-16(2,13-4-6-14(21-3)7-5-13)15(20)18-10-8-17(12-19)9-11-18/h4-7,12H,8-11H2,1-3H3. The summed E-state index contributed by atoms with van der Waals surface area (Å²) in [6.07, 6.45) is 0.844. The van der Waals surface area contributed by atoms with Crippen LogP contribution < -0.4 is 4.74 Å². The molecule has 0 radical (unpaired) electrons. The SMILES string of the molecule is COc1ccc(C(C)(C)C(=O)N2CCN(C=O)CC2)cc1. The Morgan fingerprint density at radius 2 is 1.71 bits per heavy atom. The van der Waals surface area contributed by atoms with Crippen LogP contribution in [-0.4, -0.2) is 55.4 Å². The number of ether oxygens (including phenoxy) is 1. The summed E-state index contributed by atoms with van der Waals surface area (Å²) < 4.78 is 5.15. The topological polar surface area (TPSA) is 49.9 Å². The fraction of sp³-hybridized carbons (Fsp3) is 0.500. The van der Waals surface area contributed by atoms with E-state index >= 15 is 0 Å². The van der Waals surface area contributed by atoms with Crippen molar-refractivity contribution in [3.8, 4) is 5.75 Å². The van der Waals surface area contributed by atoms with Gasteiger partial charge in [-0.1, -0.05) is 12.1 Å². The van der Waals surface area contributed by atoms with E-state index in [0.29, 0.717) is 26.2 Å². The van der Waals surface area contributed by atoms with Crippen molar-refractivity contribution in [2.45, 2.75) is 19.3 Å². The molecule has 1 aromatic carbocycles. The van der Waals surface area contributed by atoms with Gasteiger partial charge in [0.2, 0.25) is 12.3 Å². The summed E-state index contributed by atoms with van der Waals surface area (Å²) in [6, 6.07) is 7.60. The Morgan fingerprint density at radius 1 is 1.14 bits per heavy atom. The number of piperazine rings is 1. The van der Waals surface area contributed by atoms with E-state index in [1.165, 1.54) is 0 Å². The molecule has 0 N–H and O–H groups in total. The van der Waals surface area contributed by atoms with Crippen LogP contribution in [0.3, 0.4) is 0 Å². The summed E-state index contributed by atoms with van der Waals surface area (Å²) in [5.41, 5.74) is 0.376. The van der Waals surface area contributed by atoms with Crippen LogP contribution >= 0.6 is 0 Å². The van der Waals surface area contributed by atoms with Crippen LogP contribution in [0.15, 0.2) is 24.3 Å². The summed E-state index contributed by atoms with van der Waals surface area (Å²) in [5.74, 6) is 0.875. The predicted octanol–water partition coefficient (Wildman–Crippen LogP) is 1.27. The summed E-state index contributed by atoms with van der Waals surface area (Å²) in [6.45, 7) is 6.27. The van der Waals surface area contributed by atoms with Gasteiger partial charge in [-0.05, 0) is 31.5 Å². The molecular formula is C16H22N2O3. The lowest BCUT2D eigenvalue weighted by molar-refractivity contribution is -0.139. The Kier molecular flexibility index (Phi) is 4.50. The number of hydrogen-bond acceptors (Lipinski definition) is 3. The molecule has 1 aliphatic heterocycles. The Balaban J connectivity index is 2.10. The van der Waals surface area contributed by atoms with Gasteiger partial charge in [0.1, 0.15) is 5.75 Å². The molecule has 1 saturated heterocycles. The lowest BCUT2D eigenvalue weighted by Crippen LogP contribution is -2.52. The molecule has 0 atom stereocenters. The van der Waals surface area contributed by atoms with E-state index < -0.39 is 5.41 Å². The van der Waals surface area contributed by atoms with Crippen molar-refractivity contribution in [3.63, 3.8) is 0 Å². The van der Waals surface area contributed by atoms with E-state index in [0.717, 1.165) is 17.7 Å². The second kappa shape index (κ2) is 6.16. The maximum absolute atomic E-state index is 12.8. The Morgan fingerprint density at radius 3 is 2.19 bits per heavy atom. The second-order valence-electron chi connectivity index (χ2n) is 5.79. The lowest BCUT2D eigenvalue weighted by Gasteiger charge is -2.37. The smallest absolute Gasteiger partial charge is 0.232 e. The fourth-order valence-electron chi connectivity index (χ4n) is 2.56. The van der Waals surface area contributed by atoms with Gasteiger partial charge in [0, 0.05) is 26.2 Å². The van der Waals surface area contributed by atoms with Crippen LogP contribution in [0.4, 0.5) is 0 Å². The molecule has 1 fully saturated rings. The number of amides is 2. The van der Waals surface area contributed by atoms with E-state index in [2.05, 4.69) is 0 Å². The van der Waals surface area contributed by atoms with Crippen LogP contribution in [0.1, 0.15) is 19.4 Å². The van der Waals surface area contributed by atoms with Crippen LogP contribution in [0.2, 0.25) is 0 Å². The molecule has 0 saturated carbocycles. The number of carbonyl (C=O) groups is 2. The first-order valence-electron chi connectivity index (χ1n) is 7.12. The van der Waals surface area contributed by atoms with E-state index in [1.807, 2.05) is 43.0 Å². The molecule has 0 spiro atoms. The van der Waals surface area contributed by atoms with Gasteiger partial charge >= 0.3 is 0 Å². The second-order valence-corrected chi connectivity index (χ2v) is 5.79. The summed E-state index contributed by atoms with van der Waals surface area (Å²) in [7, 11) is 1.62. The van der Waals surface area contributed by atoms with Crippen LogP contribution in [0.5, 0.6) is 5.75 Å². The predicted molar refractivity (Wildman–Crippen MR) is 80.2 cm³/mol. The molecular weight excluding hydrogens is 268 g/mol. The molecule has 5 nitrogen and oxygen atoms in total. The molecule has 0 bridgehead atoms. The molecule has 0 aromatic heterocycles. The highest BCUT2D eigenvalue weighted by molar-refractivity contribution is 5.87. The molecule has 1 aromatic rings. The van der Waals surface area contributed by atoms with Crippen molar-refractivity contribution in [2.24, 2.45) is 0 Å². The highest BCUT2D eigenvalue weighted by Crippen LogP contribution is 2.27. The minimum atomic E-state index is -0.588. The molecule has 0 aliphatic carbocycles. The summed E-state index contributed by atoms with van der Waals surface area (Å²) in [5, 5.41) is 0.